The molecule has 1 aliphatic rings. The molecule has 1 saturated heterocycles. The van der Waals surface area contributed by atoms with E-state index in [0.717, 1.165) is 50.3 Å². The highest BCUT2D eigenvalue weighted by atomic mass is 32.2. The van der Waals surface area contributed by atoms with E-state index in [1.807, 2.05) is 20.9 Å². The van der Waals surface area contributed by atoms with Gasteiger partial charge in [-0.1, -0.05) is 20.3 Å². The van der Waals surface area contributed by atoms with E-state index in [2.05, 4.69) is 22.2 Å². The van der Waals surface area contributed by atoms with Gasteiger partial charge in [-0.05, 0) is 44.5 Å². The highest BCUT2D eigenvalue weighted by molar-refractivity contribution is 7.89. The molecule has 1 fully saturated rings. The van der Waals surface area contributed by atoms with E-state index in [1.54, 1.807) is 10.7 Å². The van der Waals surface area contributed by atoms with Crippen LogP contribution < -0.4 is 10.1 Å². The molecular formula is C26H40N6O5S. The van der Waals surface area contributed by atoms with Crippen molar-refractivity contribution in [2.24, 2.45) is 12.0 Å². The lowest BCUT2D eigenvalue weighted by Crippen LogP contribution is -2.39. The normalized spacial score (nSPS) is 15.2. The summed E-state index contributed by atoms with van der Waals surface area (Å²) in [5, 5.41) is 7.20. The molecule has 11 nitrogen and oxygen atoms in total. The first-order chi connectivity index (χ1) is 18.3. The molecule has 2 heterocycles. The van der Waals surface area contributed by atoms with Crippen molar-refractivity contribution in [2.75, 3.05) is 53.0 Å². The van der Waals surface area contributed by atoms with E-state index < -0.39 is 10.0 Å². The molecule has 0 aliphatic carbocycles. The molecule has 0 radical (unpaired) electrons. The Kier molecular flexibility index (Phi) is 10.8. The van der Waals surface area contributed by atoms with Crippen LogP contribution in [0.15, 0.2) is 28.1 Å². The van der Waals surface area contributed by atoms with Crippen LogP contribution in [0, 0.1) is 6.92 Å². The number of aromatic nitrogens is 2. The van der Waals surface area contributed by atoms with Crippen LogP contribution in [0.4, 0.5) is 5.69 Å². The Labute approximate surface area is 225 Å². The molecule has 1 amide bonds. The Bertz CT molecular complexity index is 1220. The predicted octanol–water partition coefficient (Wildman–Crippen LogP) is 2.25. The fourth-order valence-electron chi connectivity index (χ4n) is 4.48. The van der Waals surface area contributed by atoms with Gasteiger partial charge in [0.2, 0.25) is 16.4 Å². The topological polar surface area (TPSA) is 118 Å². The number of aliphatic imine (C=N–C) groups is 1. The molecule has 1 aliphatic heterocycles. The minimum absolute atomic E-state index is 0.110. The maximum absolute atomic E-state index is 13.6. The number of morpholine rings is 1. The number of nitrogens with one attached hydrogen (secondary N) is 1. The number of rotatable bonds is 13. The minimum Gasteiger partial charge on any atom is -0.496 e. The molecule has 38 heavy (non-hydrogen) atoms. The lowest BCUT2D eigenvalue weighted by Gasteiger charge is -2.28. The molecule has 2 aromatic rings. The van der Waals surface area contributed by atoms with Crippen LogP contribution in [-0.4, -0.2) is 92.7 Å². The first kappa shape index (κ1) is 29.8. The van der Waals surface area contributed by atoms with Crippen molar-refractivity contribution in [3.63, 3.8) is 0 Å². The van der Waals surface area contributed by atoms with Crippen molar-refractivity contribution in [1.29, 1.82) is 0 Å². The van der Waals surface area contributed by atoms with Crippen LogP contribution in [0.25, 0.3) is 0 Å². The van der Waals surface area contributed by atoms with Gasteiger partial charge in [0, 0.05) is 33.2 Å². The van der Waals surface area contributed by atoms with E-state index in [9.17, 15) is 13.2 Å². The number of carbonyl (C=O) groups is 1. The highest BCUT2D eigenvalue weighted by Crippen LogP contribution is 2.29. The number of aryl methyl sites for hydroxylation is 2. The maximum atomic E-state index is 13.6. The van der Waals surface area contributed by atoms with Crippen LogP contribution in [0.2, 0.25) is 0 Å². The van der Waals surface area contributed by atoms with Gasteiger partial charge in [0.25, 0.3) is 0 Å². The molecule has 12 heteroatoms. The second-order valence-electron chi connectivity index (χ2n) is 9.14. The minimum atomic E-state index is -3.80. The Morgan fingerprint density at radius 1 is 1.29 bits per heavy atom. The van der Waals surface area contributed by atoms with Crippen LogP contribution in [0.3, 0.4) is 0 Å². The van der Waals surface area contributed by atoms with Crippen molar-refractivity contribution in [3.05, 3.63) is 35.2 Å². The fourth-order valence-corrected chi connectivity index (χ4v) is 5.99. The summed E-state index contributed by atoms with van der Waals surface area (Å²) in [5.74, 6) is 0.587. The SMILES string of the molecule is CCCc1nn(C)c(C)c1N=C(NC=O)c1cc(S(=O)(=O)N(CC)CCCN2CCOCC2)ccc1OC. The van der Waals surface area contributed by atoms with Gasteiger partial charge >= 0.3 is 0 Å². The summed E-state index contributed by atoms with van der Waals surface area (Å²) in [5.41, 5.74) is 2.65. The van der Waals surface area contributed by atoms with Crippen molar-refractivity contribution in [1.82, 2.24) is 24.3 Å². The first-order valence-corrected chi connectivity index (χ1v) is 14.5. The summed E-state index contributed by atoms with van der Waals surface area (Å²) in [6, 6.07) is 4.63. The summed E-state index contributed by atoms with van der Waals surface area (Å²) < 4.78 is 41.4. The van der Waals surface area contributed by atoms with Crippen LogP contribution >= 0.6 is 0 Å². The average molecular weight is 549 g/mol. The highest BCUT2D eigenvalue weighted by Gasteiger charge is 2.26. The van der Waals surface area contributed by atoms with Gasteiger partial charge in [0.15, 0.2) is 0 Å². The van der Waals surface area contributed by atoms with Gasteiger partial charge < -0.3 is 14.8 Å². The number of amidine groups is 1. The Morgan fingerprint density at radius 3 is 2.66 bits per heavy atom. The molecule has 3 rings (SSSR count). The Hall–Kier alpha value is -2.80. The summed E-state index contributed by atoms with van der Waals surface area (Å²) >= 11 is 0. The molecular weight excluding hydrogens is 508 g/mol. The first-order valence-electron chi connectivity index (χ1n) is 13.1. The number of sulfonamides is 1. The van der Waals surface area contributed by atoms with E-state index in [0.29, 0.717) is 49.7 Å². The summed E-state index contributed by atoms with van der Waals surface area (Å²) in [4.78, 5) is 18.7. The van der Waals surface area contributed by atoms with Gasteiger partial charge in [0.05, 0.1) is 42.2 Å². The molecule has 0 atom stereocenters. The lowest BCUT2D eigenvalue weighted by molar-refractivity contribution is -0.108. The van der Waals surface area contributed by atoms with Crippen molar-refractivity contribution in [2.45, 2.75) is 44.9 Å². The zero-order valence-electron chi connectivity index (χ0n) is 23.1. The number of hydrogen-bond acceptors (Lipinski definition) is 8. The third-order valence-corrected chi connectivity index (χ3v) is 8.65. The zero-order chi connectivity index (χ0) is 27.7. The summed E-state index contributed by atoms with van der Waals surface area (Å²) in [7, 11) is -0.464. The van der Waals surface area contributed by atoms with Gasteiger partial charge in [-0.15, -0.1) is 0 Å². The third kappa shape index (κ3) is 6.99. The van der Waals surface area contributed by atoms with Crippen molar-refractivity contribution in [3.8, 4) is 5.75 Å². The molecule has 1 aromatic carbocycles. The van der Waals surface area contributed by atoms with E-state index in [4.69, 9.17) is 14.5 Å². The largest absolute Gasteiger partial charge is 0.496 e. The lowest BCUT2D eigenvalue weighted by atomic mass is 10.1. The monoisotopic (exact) mass is 548 g/mol. The fraction of sp³-hybridized carbons (Fsp3) is 0.577. The molecule has 0 bridgehead atoms. The Balaban J connectivity index is 1.95. The number of amides is 1. The Morgan fingerprint density at radius 2 is 2.03 bits per heavy atom. The van der Waals surface area contributed by atoms with Crippen LogP contribution in [-0.2, 0) is 33.0 Å². The summed E-state index contributed by atoms with van der Waals surface area (Å²) in [6.07, 6.45) is 2.84. The number of benzene rings is 1. The standard InChI is InChI=1S/C26H40N6O5S/c1-6-9-23-25(20(3)30(4)29-23)28-26(27-19-33)22-18-21(10-11-24(22)36-5)38(34,35)32(7-2)13-8-12-31-14-16-37-17-15-31/h10-11,18-19H,6-9,12-17H2,1-5H3,(H,27,28,33). The van der Waals surface area contributed by atoms with Gasteiger partial charge in [-0.3, -0.25) is 14.4 Å². The second-order valence-corrected chi connectivity index (χ2v) is 11.1. The second kappa shape index (κ2) is 13.8. The van der Waals surface area contributed by atoms with Gasteiger partial charge in [0.1, 0.15) is 17.3 Å². The van der Waals surface area contributed by atoms with Crippen LogP contribution in [0.1, 0.15) is 43.6 Å². The molecule has 210 valence electrons. The number of hydrogen-bond donors (Lipinski definition) is 1. The smallest absolute Gasteiger partial charge is 0.243 e. The molecule has 0 saturated carbocycles. The van der Waals surface area contributed by atoms with Crippen molar-refractivity contribution >= 4 is 28.0 Å². The zero-order valence-corrected chi connectivity index (χ0v) is 23.9. The molecule has 1 N–H and O–H groups in total. The van der Waals surface area contributed by atoms with E-state index in [-0.39, 0.29) is 10.7 Å². The third-order valence-electron chi connectivity index (χ3n) is 6.68. The number of carbonyl (C=O) groups excluding carboxylic acids is 1. The quantitative estimate of drug-likeness (QED) is 0.232. The van der Waals surface area contributed by atoms with E-state index >= 15 is 0 Å². The average Bonchev–Trinajstić information content (AvgIpc) is 3.18. The molecule has 0 spiro atoms. The molecule has 0 unspecified atom stereocenters. The maximum Gasteiger partial charge on any atom is 0.243 e. The number of ether oxygens (including phenoxy) is 2. The number of methoxy groups -OCH3 is 1. The summed E-state index contributed by atoms with van der Waals surface area (Å²) in [6.45, 7) is 10.5. The number of nitrogens with zero attached hydrogens (tertiary/aromatic N) is 5. The van der Waals surface area contributed by atoms with Gasteiger partial charge in [-0.25, -0.2) is 13.4 Å². The van der Waals surface area contributed by atoms with Crippen LogP contribution in [0.5, 0.6) is 5.75 Å². The molecule has 1 aromatic heterocycles. The van der Waals surface area contributed by atoms with E-state index in [1.165, 1.54) is 23.5 Å². The van der Waals surface area contributed by atoms with Gasteiger partial charge in [-0.2, -0.15) is 9.40 Å². The predicted molar refractivity (Wildman–Crippen MR) is 147 cm³/mol. The van der Waals surface area contributed by atoms with Crippen molar-refractivity contribution < 1.29 is 22.7 Å².